The first-order valence-corrected chi connectivity index (χ1v) is 9.16. The monoisotopic (exact) mass is 340 g/mol. The molecule has 0 aliphatic carbocycles. The molecule has 0 aromatic heterocycles. The van der Waals surface area contributed by atoms with Crippen LogP contribution in [0.15, 0.2) is 18.2 Å². The first-order chi connectivity index (χ1) is 10.7. The van der Waals surface area contributed by atoms with Gasteiger partial charge >= 0.3 is 5.97 Å². The zero-order valence-electron chi connectivity index (χ0n) is 13.1. The van der Waals surface area contributed by atoms with Crippen molar-refractivity contribution in [2.75, 3.05) is 17.1 Å². The maximum Gasteiger partial charge on any atom is 0.305 e. The summed E-state index contributed by atoms with van der Waals surface area (Å²) in [5, 5.41) is 11.3. The standard InChI is InChI=1S/C15H20N2O5S/c1-10(8-14(18)19)16-15(20)12-5-6-13-11(9-12)4-3-7-17(13)23(2,21)22/h5-6,9-10H,3-4,7-8H2,1-2H3,(H,16,20)(H,18,19). The lowest BCUT2D eigenvalue weighted by molar-refractivity contribution is -0.137. The van der Waals surface area contributed by atoms with Crippen LogP contribution in [0, 0.1) is 0 Å². The van der Waals surface area contributed by atoms with Gasteiger partial charge in [0.25, 0.3) is 5.91 Å². The first kappa shape index (κ1) is 17.3. The van der Waals surface area contributed by atoms with Crippen LogP contribution in [-0.4, -0.2) is 44.2 Å². The Kier molecular flexibility index (Phi) is 4.93. The number of fused-ring (bicyclic) bond motifs is 1. The Hall–Kier alpha value is -2.09. The molecule has 0 spiro atoms. The van der Waals surface area contributed by atoms with Gasteiger partial charge in [-0.3, -0.25) is 13.9 Å². The topological polar surface area (TPSA) is 104 Å². The van der Waals surface area contributed by atoms with E-state index in [1.807, 2.05) is 0 Å². The maximum atomic E-state index is 12.2. The van der Waals surface area contributed by atoms with Crippen molar-refractivity contribution in [1.29, 1.82) is 0 Å². The molecule has 23 heavy (non-hydrogen) atoms. The maximum absolute atomic E-state index is 12.2. The number of anilines is 1. The molecule has 1 unspecified atom stereocenters. The third-order valence-electron chi connectivity index (χ3n) is 3.68. The number of benzene rings is 1. The summed E-state index contributed by atoms with van der Waals surface area (Å²) in [7, 11) is -3.34. The van der Waals surface area contributed by atoms with E-state index in [0.29, 0.717) is 30.6 Å². The number of carbonyl (C=O) groups is 2. The molecule has 1 aromatic rings. The number of nitrogens with one attached hydrogen (secondary N) is 1. The van der Waals surface area contributed by atoms with E-state index in [1.165, 1.54) is 4.31 Å². The predicted octanol–water partition coefficient (Wildman–Crippen LogP) is 0.992. The van der Waals surface area contributed by atoms with E-state index in [-0.39, 0.29) is 12.3 Å². The van der Waals surface area contributed by atoms with E-state index in [4.69, 9.17) is 5.11 Å². The molecule has 0 radical (unpaired) electrons. The molecule has 1 amide bonds. The second kappa shape index (κ2) is 6.57. The Bertz CT molecular complexity index is 729. The van der Waals surface area contributed by atoms with Crippen molar-refractivity contribution < 1.29 is 23.1 Å². The van der Waals surface area contributed by atoms with Crippen LogP contribution >= 0.6 is 0 Å². The van der Waals surface area contributed by atoms with Crippen LogP contribution in [0.4, 0.5) is 5.69 Å². The quantitative estimate of drug-likeness (QED) is 0.832. The molecule has 1 aliphatic heterocycles. The van der Waals surface area contributed by atoms with Gasteiger partial charge in [-0.1, -0.05) is 0 Å². The number of amides is 1. The molecule has 0 saturated carbocycles. The highest BCUT2D eigenvalue weighted by molar-refractivity contribution is 7.92. The second-order valence-electron chi connectivity index (χ2n) is 5.75. The Morgan fingerprint density at radius 3 is 2.70 bits per heavy atom. The molecule has 8 heteroatoms. The third-order valence-corrected chi connectivity index (χ3v) is 4.86. The van der Waals surface area contributed by atoms with E-state index in [2.05, 4.69) is 5.32 Å². The number of rotatable bonds is 5. The minimum absolute atomic E-state index is 0.154. The van der Waals surface area contributed by atoms with Gasteiger partial charge in [0.05, 0.1) is 18.4 Å². The molecule has 1 atom stereocenters. The lowest BCUT2D eigenvalue weighted by atomic mass is 10.0. The number of sulfonamides is 1. The van der Waals surface area contributed by atoms with Crippen molar-refractivity contribution in [3.63, 3.8) is 0 Å². The minimum Gasteiger partial charge on any atom is -0.481 e. The van der Waals surface area contributed by atoms with E-state index >= 15 is 0 Å². The van der Waals surface area contributed by atoms with Gasteiger partial charge in [-0.15, -0.1) is 0 Å². The van der Waals surface area contributed by atoms with Gasteiger partial charge in [-0.2, -0.15) is 0 Å². The number of nitrogens with zero attached hydrogens (tertiary/aromatic N) is 1. The van der Waals surface area contributed by atoms with E-state index in [9.17, 15) is 18.0 Å². The van der Waals surface area contributed by atoms with Crippen LogP contribution in [0.3, 0.4) is 0 Å². The number of carboxylic acids is 1. The number of carbonyl (C=O) groups excluding carboxylic acids is 1. The van der Waals surface area contributed by atoms with Crippen LogP contribution in [0.5, 0.6) is 0 Å². The highest BCUT2D eigenvalue weighted by Gasteiger charge is 2.25. The normalized spacial score (nSPS) is 15.7. The number of aryl methyl sites for hydroxylation is 1. The molecule has 7 nitrogen and oxygen atoms in total. The van der Waals surface area contributed by atoms with Crippen LogP contribution in [0.1, 0.15) is 35.7 Å². The van der Waals surface area contributed by atoms with Gasteiger partial charge in [0.1, 0.15) is 0 Å². The molecular weight excluding hydrogens is 320 g/mol. The van der Waals surface area contributed by atoms with Gasteiger partial charge in [0, 0.05) is 18.2 Å². The number of hydrogen-bond acceptors (Lipinski definition) is 4. The molecule has 1 aliphatic rings. The summed E-state index contributed by atoms with van der Waals surface area (Å²) in [5.74, 6) is -1.34. The molecular formula is C15H20N2O5S. The lowest BCUT2D eigenvalue weighted by Gasteiger charge is -2.29. The van der Waals surface area contributed by atoms with E-state index < -0.39 is 22.0 Å². The summed E-state index contributed by atoms with van der Waals surface area (Å²) in [6.45, 7) is 2.06. The van der Waals surface area contributed by atoms with Crippen molar-refractivity contribution >= 4 is 27.6 Å². The Morgan fingerprint density at radius 2 is 2.09 bits per heavy atom. The molecule has 2 rings (SSSR count). The Balaban J connectivity index is 2.21. The van der Waals surface area contributed by atoms with Gasteiger partial charge in [-0.05, 0) is 43.5 Å². The third kappa shape index (κ3) is 4.22. The van der Waals surface area contributed by atoms with Crippen LogP contribution < -0.4 is 9.62 Å². The van der Waals surface area contributed by atoms with Gasteiger partial charge in [0.15, 0.2) is 0 Å². The summed E-state index contributed by atoms with van der Waals surface area (Å²) in [6.07, 6.45) is 2.41. The molecule has 1 aromatic carbocycles. The Morgan fingerprint density at radius 1 is 1.39 bits per heavy atom. The van der Waals surface area contributed by atoms with Crippen LogP contribution in [0.2, 0.25) is 0 Å². The predicted molar refractivity (Wildman–Crippen MR) is 86.1 cm³/mol. The highest BCUT2D eigenvalue weighted by Crippen LogP contribution is 2.29. The molecule has 126 valence electrons. The van der Waals surface area contributed by atoms with E-state index in [0.717, 1.165) is 11.8 Å². The summed E-state index contributed by atoms with van der Waals surface area (Å²) < 4.78 is 25.0. The number of aliphatic carboxylic acids is 1. The fourth-order valence-electron chi connectivity index (χ4n) is 2.67. The zero-order valence-corrected chi connectivity index (χ0v) is 13.9. The van der Waals surface area contributed by atoms with Crippen LogP contribution in [-0.2, 0) is 21.2 Å². The van der Waals surface area contributed by atoms with Gasteiger partial charge < -0.3 is 10.4 Å². The smallest absolute Gasteiger partial charge is 0.305 e. The molecule has 2 N–H and O–H groups in total. The fraction of sp³-hybridized carbons (Fsp3) is 0.467. The summed E-state index contributed by atoms with van der Waals surface area (Å²) in [5.41, 5.74) is 1.81. The van der Waals surface area contributed by atoms with Crippen LogP contribution in [0.25, 0.3) is 0 Å². The molecule has 0 fully saturated rings. The summed E-state index contributed by atoms with van der Waals surface area (Å²) in [4.78, 5) is 22.8. The fourth-order valence-corrected chi connectivity index (χ4v) is 3.66. The van der Waals surface area contributed by atoms with Gasteiger partial charge in [-0.25, -0.2) is 8.42 Å². The molecule has 0 bridgehead atoms. The number of hydrogen-bond donors (Lipinski definition) is 2. The number of carboxylic acid groups (broad SMARTS) is 1. The van der Waals surface area contributed by atoms with Crippen molar-refractivity contribution in [3.05, 3.63) is 29.3 Å². The van der Waals surface area contributed by atoms with Gasteiger partial charge in [0.2, 0.25) is 10.0 Å². The van der Waals surface area contributed by atoms with Crippen molar-refractivity contribution in [3.8, 4) is 0 Å². The molecule has 0 saturated heterocycles. The summed E-state index contributed by atoms with van der Waals surface area (Å²) in [6, 6.07) is 4.39. The van der Waals surface area contributed by atoms with E-state index in [1.54, 1.807) is 25.1 Å². The average Bonchev–Trinajstić information content (AvgIpc) is 2.43. The highest BCUT2D eigenvalue weighted by atomic mass is 32.2. The molecule has 1 heterocycles. The Labute approximate surface area is 135 Å². The van der Waals surface area contributed by atoms with Crippen molar-refractivity contribution in [1.82, 2.24) is 5.32 Å². The van der Waals surface area contributed by atoms with Crippen molar-refractivity contribution in [2.45, 2.75) is 32.2 Å². The zero-order chi connectivity index (χ0) is 17.2. The average molecular weight is 340 g/mol. The largest absolute Gasteiger partial charge is 0.481 e. The van der Waals surface area contributed by atoms with Crippen molar-refractivity contribution in [2.24, 2.45) is 0 Å². The summed E-state index contributed by atoms with van der Waals surface area (Å²) >= 11 is 0. The minimum atomic E-state index is -3.34. The second-order valence-corrected chi connectivity index (χ2v) is 7.66. The first-order valence-electron chi connectivity index (χ1n) is 7.32. The lowest BCUT2D eigenvalue weighted by Crippen LogP contribution is -2.36. The SMILES string of the molecule is CC(CC(=O)O)NC(=O)c1ccc2c(c1)CCCN2S(C)(=O)=O.